The smallest absolute Gasteiger partial charge is 0.323 e. The van der Waals surface area contributed by atoms with E-state index in [2.05, 4.69) is 29.0 Å². The number of para-hydroxylation sites is 2. The first-order valence-corrected chi connectivity index (χ1v) is 12.8. The number of nitrogens with zero attached hydrogens (tertiary/aromatic N) is 4. The number of anilines is 2. The van der Waals surface area contributed by atoms with Crippen molar-refractivity contribution in [2.75, 3.05) is 54.9 Å². The number of urea groups is 2. The first-order chi connectivity index (χ1) is 17.6. The number of halogens is 1. The van der Waals surface area contributed by atoms with E-state index >= 15 is 0 Å². The minimum atomic E-state index is 0. The molecule has 4 amide bonds. The minimum absolute atomic E-state index is 0. The van der Waals surface area contributed by atoms with Crippen LogP contribution in [-0.4, -0.2) is 77.0 Å². The standard InChI is InChI=1S/C14H16N3O.C13H13ClN3O.2CH3.2Y/c1-2-8-16-9-10-17(14(16)18)12-5-3-4-11-6-7-15-13(11)12;14-5-7-16-8-9-17(13(16)18)11-3-1-2-10-4-6-15-12(10)11;;;;/h3-5,7,15H,2,8-10H2,1H3;1-3,6,15H,5,7-9H2;2*1H3;;/q4*-1;;. The van der Waals surface area contributed by atoms with Crippen LogP contribution in [0, 0.1) is 27.0 Å². The number of aromatic nitrogens is 2. The molecule has 2 fully saturated rings. The van der Waals surface area contributed by atoms with Gasteiger partial charge in [-0.25, -0.2) is 9.59 Å². The maximum atomic E-state index is 12.3. The molecule has 0 atom stereocenters. The predicted molar refractivity (Wildman–Crippen MR) is 157 cm³/mol. The SMILES string of the molecule is CCCN1CCN(c2cccc3[c-]c[nH]c23)C1=O.O=C1N(CCCl)CCN1c1cccc2[c-]c[nH]c12.[CH3-].[CH3-].[Y].[Y]. The van der Waals surface area contributed by atoms with Crippen molar-refractivity contribution in [3.8, 4) is 0 Å². The zero-order valence-corrected chi connectivity index (χ0v) is 29.8. The zero-order chi connectivity index (χ0) is 25.1. The van der Waals surface area contributed by atoms with Crippen LogP contribution in [0.1, 0.15) is 13.3 Å². The molecule has 0 saturated carbocycles. The van der Waals surface area contributed by atoms with Crippen LogP contribution in [0.4, 0.5) is 21.0 Å². The van der Waals surface area contributed by atoms with E-state index in [4.69, 9.17) is 11.6 Å². The molecule has 0 unspecified atom stereocenters. The second kappa shape index (κ2) is 16.9. The Morgan fingerprint density at radius 2 is 1.20 bits per heavy atom. The summed E-state index contributed by atoms with van der Waals surface area (Å²) in [6.45, 7) is 6.53. The largest absolute Gasteiger partial charge is 0.422 e. The third kappa shape index (κ3) is 7.49. The number of hydrogen-bond donors (Lipinski definition) is 2. The van der Waals surface area contributed by atoms with Gasteiger partial charge in [-0.2, -0.15) is 35.0 Å². The fourth-order valence-corrected chi connectivity index (χ4v) is 5.05. The molecule has 0 aliphatic carbocycles. The Morgan fingerprint density at radius 3 is 1.62 bits per heavy atom. The molecule has 210 valence electrons. The Labute approximate surface area is 292 Å². The minimum Gasteiger partial charge on any atom is -0.422 e. The quantitative estimate of drug-likeness (QED) is 0.191. The van der Waals surface area contributed by atoms with Gasteiger partial charge in [-0.1, -0.05) is 31.5 Å². The van der Waals surface area contributed by atoms with E-state index in [0.29, 0.717) is 19.0 Å². The fraction of sp³-hybridized carbons (Fsp3) is 0.310. The summed E-state index contributed by atoms with van der Waals surface area (Å²) in [5, 5.41) is 2.02. The van der Waals surface area contributed by atoms with Crippen LogP contribution in [0.2, 0.25) is 0 Å². The summed E-state index contributed by atoms with van der Waals surface area (Å²) in [5.41, 5.74) is 3.82. The molecule has 2 radical (unpaired) electrons. The summed E-state index contributed by atoms with van der Waals surface area (Å²) in [6, 6.07) is 18.2. The van der Waals surface area contributed by atoms with Crippen LogP contribution in [0.15, 0.2) is 48.8 Å². The van der Waals surface area contributed by atoms with Crippen molar-refractivity contribution < 1.29 is 75.0 Å². The number of aromatic amines is 2. The van der Waals surface area contributed by atoms with Crippen molar-refractivity contribution in [3.63, 3.8) is 0 Å². The Hall–Kier alpha value is -1.44. The van der Waals surface area contributed by atoms with Crippen molar-refractivity contribution >= 4 is 56.8 Å². The predicted octanol–water partition coefficient (Wildman–Crippen LogP) is 5.96. The fourth-order valence-electron chi connectivity index (χ4n) is 4.85. The molecule has 4 aromatic rings. The van der Waals surface area contributed by atoms with Gasteiger partial charge in [0.2, 0.25) is 0 Å². The molecule has 2 aromatic heterocycles. The summed E-state index contributed by atoms with van der Waals surface area (Å²) in [5.74, 6) is 0.472. The molecule has 4 heterocycles. The molecule has 2 aliphatic heterocycles. The summed E-state index contributed by atoms with van der Waals surface area (Å²) in [7, 11) is 0. The van der Waals surface area contributed by atoms with Gasteiger partial charge in [0.15, 0.2) is 0 Å². The van der Waals surface area contributed by atoms with Gasteiger partial charge in [0.05, 0.1) is 0 Å². The topological polar surface area (TPSA) is 78.7 Å². The summed E-state index contributed by atoms with van der Waals surface area (Å²) in [6.07, 6.45) is 4.56. The average molecular weight is 713 g/mol. The third-order valence-electron chi connectivity index (χ3n) is 6.59. The molecule has 2 aliphatic rings. The molecular weight excluding hydrogens is 678 g/mol. The Morgan fingerprint density at radius 1 is 0.750 bits per heavy atom. The monoisotopic (exact) mass is 712 g/mol. The molecular formula is C29H35ClN6O2Y2-4. The van der Waals surface area contributed by atoms with Crippen LogP contribution in [0.3, 0.4) is 0 Å². The first kappa shape index (κ1) is 36.6. The van der Waals surface area contributed by atoms with Gasteiger partial charge in [-0.15, -0.1) is 23.7 Å². The van der Waals surface area contributed by atoms with Gasteiger partial charge < -0.3 is 44.4 Å². The van der Waals surface area contributed by atoms with Gasteiger partial charge in [0, 0.05) is 122 Å². The molecule has 2 aromatic carbocycles. The molecule has 0 spiro atoms. The van der Waals surface area contributed by atoms with Crippen molar-refractivity contribution in [3.05, 3.63) is 75.8 Å². The average Bonchev–Trinajstić information content (AvgIpc) is 3.68. The van der Waals surface area contributed by atoms with Gasteiger partial charge in [0.25, 0.3) is 0 Å². The maximum absolute atomic E-state index is 12.3. The number of hydrogen-bond acceptors (Lipinski definition) is 2. The van der Waals surface area contributed by atoms with Gasteiger partial charge in [0.1, 0.15) is 0 Å². The summed E-state index contributed by atoms with van der Waals surface area (Å²) < 4.78 is 0. The van der Waals surface area contributed by atoms with Gasteiger partial charge in [-0.05, 0) is 17.5 Å². The molecule has 2 N–H and O–H groups in total. The van der Waals surface area contributed by atoms with E-state index in [0.717, 1.165) is 65.8 Å². The Bertz CT molecular complexity index is 1270. The zero-order valence-electron chi connectivity index (χ0n) is 23.4. The molecule has 11 heteroatoms. The number of carbonyl (C=O) groups excluding carboxylic acids is 2. The van der Waals surface area contributed by atoms with Crippen LogP contribution in [-0.2, 0) is 65.4 Å². The van der Waals surface area contributed by atoms with E-state index in [9.17, 15) is 9.59 Å². The van der Waals surface area contributed by atoms with E-state index in [-0.39, 0.29) is 92.3 Å². The first-order valence-electron chi connectivity index (χ1n) is 12.3. The van der Waals surface area contributed by atoms with Gasteiger partial charge >= 0.3 is 12.1 Å². The Balaban J connectivity index is 0.000000364. The molecule has 6 rings (SSSR count). The van der Waals surface area contributed by atoms with Crippen molar-refractivity contribution in [1.82, 2.24) is 19.8 Å². The van der Waals surface area contributed by atoms with E-state index in [1.54, 1.807) is 22.2 Å². The molecule has 8 nitrogen and oxygen atoms in total. The van der Waals surface area contributed by atoms with Crippen LogP contribution in [0.5, 0.6) is 0 Å². The number of amides is 4. The number of nitrogens with one attached hydrogen (secondary N) is 2. The number of rotatable bonds is 6. The number of alkyl halides is 1. The number of benzene rings is 2. The molecule has 2 saturated heterocycles. The number of fused-ring (bicyclic) bond motifs is 2. The van der Waals surface area contributed by atoms with Crippen LogP contribution < -0.4 is 9.80 Å². The van der Waals surface area contributed by atoms with Crippen molar-refractivity contribution in [1.29, 1.82) is 0 Å². The maximum Gasteiger partial charge on any atom is 0.323 e. The summed E-state index contributed by atoms with van der Waals surface area (Å²) in [4.78, 5) is 38.1. The van der Waals surface area contributed by atoms with E-state index in [1.807, 2.05) is 46.2 Å². The van der Waals surface area contributed by atoms with Gasteiger partial charge in [-0.3, -0.25) is 0 Å². The number of carbonyl (C=O) groups is 2. The van der Waals surface area contributed by atoms with E-state index in [1.165, 1.54) is 0 Å². The second-order valence-corrected chi connectivity index (χ2v) is 9.17. The number of H-pyrrole nitrogens is 2. The molecule has 0 bridgehead atoms. The van der Waals surface area contributed by atoms with Crippen molar-refractivity contribution in [2.45, 2.75) is 13.3 Å². The molecule has 40 heavy (non-hydrogen) atoms. The normalized spacial score (nSPS) is 14.3. The van der Waals surface area contributed by atoms with E-state index < -0.39 is 0 Å². The third-order valence-corrected chi connectivity index (χ3v) is 6.76. The van der Waals surface area contributed by atoms with Crippen LogP contribution >= 0.6 is 11.6 Å². The van der Waals surface area contributed by atoms with Crippen LogP contribution in [0.25, 0.3) is 21.8 Å². The Kier molecular flexibility index (Phi) is 15.4. The second-order valence-electron chi connectivity index (χ2n) is 8.80. The van der Waals surface area contributed by atoms with Crippen molar-refractivity contribution in [2.24, 2.45) is 0 Å². The summed E-state index contributed by atoms with van der Waals surface area (Å²) >= 11 is 5.69.